The summed E-state index contributed by atoms with van der Waals surface area (Å²) in [5.41, 5.74) is 10.7. The van der Waals surface area contributed by atoms with E-state index in [1.807, 2.05) is 121 Å². The van der Waals surface area contributed by atoms with Gasteiger partial charge in [-0.05, 0) is 152 Å². The van der Waals surface area contributed by atoms with E-state index in [0.29, 0.717) is 29.6 Å². The lowest BCUT2D eigenvalue weighted by molar-refractivity contribution is -0.139. The van der Waals surface area contributed by atoms with Gasteiger partial charge in [0.25, 0.3) is 0 Å². The number of hydrogen-bond donors (Lipinski definition) is 5. The summed E-state index contributed by atoms with van der Waals surface area (Å²) >= 11 is 0. The molecule has 0 saturated heterocycles. The van der Waals surface area contributed by atoms with Crippen LogP contribution >= 0.6 is 0 Å². The monoisotopic (exact) mass is 1030 g/mol. The fourth-order valence-electron chi connectivity index (χ4n) is 7.78. The molecule has 0 aromatic heterocycles. The van der Waals surface area contributed by atoms with E-state index in [2.05, 4.69) is 69.2 Å². The van der Waals surface area contributed by atoms with Crippen molar-refractivity contribution in [2.24, 2.45) is 29.6 Å². The summed E-state index contributed by atoms with van der Waals surface area (Å²) in [5.74, 6) is -2.79. The van der Waals surface area contributed by atoms with Crippen molar-refractivity contribution >= 4 is 29.8 Å². The van der Waals surface area contributed by atoms with Gasteiger partial charge in [0.05, 0.1) is 29.6 Å². The predicted molar refractivity (Wildman–Crippen MR) is 305 cm³/mol. The van der Waals surface area contributed by atoms with E-state index < -0.39 is 59.4 Å². The normalized spacial score (nSPS) is 12.8. The highest BCUT2D eigenvalue weighted by molar-refractivity contribution is 5.77. The molecule has 10 nitrogen and oxygen atoms in total. The second-order valence-electron chi connectivity index (χ2n) is 22.0. The molecule has 10 heteroatoms. The van der Waals surface area contributed by atoms with Gasteiger partial charge in [-0.15, -0.1) is 0 Å². The zero-order chi connectivity index (χ0) is 57.1. The first-order valence-electron chi connectivity index (χ1n) is 26.6. The van der Waals surface area contributed by atoms with Gasteiger partial charge < -0.3 is 25.5 Å². The molecule has 0 bridgehead atoms. The lowest BCUT2D eigenvalue weighted by Gasteiger charge is -2.09. The zero-order valence-corrected chi connectivity index (χ0v) is 47.6. The van der Waals surface area contributed by atoms with Crippen LogP contribution in [0.25, 0.3) is 0 Å². The molecule has 0 amide bonds. The number of hydrogen-bond acceptors (Lipinski definition) is 5. The maximum Gasteiger partial charge on any atom is 0.310 e. The minimum Gasteiger partial charge on any atom is -0.481 e. The average molecular weight is 1030 g/mol. The molecular formula is C65H90O10. The van der Waals surface area contributed by atoms with Gasteiger partial charge in [0, 0.05) is 0 Å². The molecule has 5 rings (SSSR count). The van der Waals surface area contributed by atoms with Gasteiger partial charge in [0.1, 0.15) is 0 Å². The Bertz CT molecular complexity index is 2030. The largest absolute Gasteiger partial charge is 0.481 e. The summed E-state index contributed by atoms with van der Waals surface area (Å²) in [5, 5.41) is 44.3. The second-order valence-corrected chi connectivity index (χ2v) is 22.0. The quantitative estimate of drug-likeness (QED) is 0.0502. The first kappa shape index (κ1) is 66.5. The SMILES string of the molecule is CC(C)Cc1ccc(C(C)C(=O)O)cc1.CC(C)Cc1ccc(C(C)C(=O)O)cc1.CC(C)Cc1ccc(C(C)C(=O)O)cc1.CC(C)Cc1ccc(C(C)C(=O)O)cc1.CC(C)Cc1ccc(C(C)C(=O)O)cc1. The maximum absolute atomic E-state index is 10.8. The molecule has 5 aromatic carbocycles. The molecule has 0 radical (unpaired) electrons. The zero-order valence-electron chi connectivity index (χ0n) is 47.6. The van der Waals surface area contributed by atoms with Crippen molar-refractivity contribution < 1.29 is 49.5 Å². The Kier molecular flexibility index (Phi) is 30.2. The van der Waals surface area contributed by atoms with Gasteiger partial charge in [0.15, 0.2) is 0 Å². The van der Waals surface area contributed by atoms with E-state index in [9.17, 15) is 24.0 Å². The summed E-state index contributed by atoms with van der Waals surface area (Å²) in [6.07, 6.45) is 5.22. The lowest BCUT2D eigenvalue weighted by Crippen LogP contribution is -2.07. The molecule has 0 aliphatic rings. The van der Waals surface area contributed by atoms with Crippen molar-refractivity contribution in [3.05, 3.63) is 177 Å². The van der Waals surface area contributed by atoms with Crippen LogP contribution in [0.4, 0.5) is 0 Å². The van der Waals surface area contributed by atoms with Gasteiger partial charge in [-0.1, -0.05) is 191 Å². The first-order valence-corrected chi connectivity index (χ1v) is 26.6. The molecule has 0 aliphatic heterocycles. The van der Waals surface area contributed by atoms with E-state index in [1.165, 1.54) is 27.8 Å². The van der Waals surface area contributed by atoms with Gasteiger partial charge in [-0.25, -0.2) is 0 Å². The van der Waals surface area contributed by atoms with E-state index in [-0.39, 0.29) is 0 Å². The maximum atomic E-state index is 10.8. The molecule has 0 aliphatic carbocycles. The van der Waals surface area contributed by atoms with Crippen molar-refractivity contribution in [1.29, 1.82) is 0 Å². The molecule has 5 N–H and O–H groups in total. The van der Waals surface area contributed by atoms with E-state index in [0.717, 1.165) is 59.9 Å². The molecule has 5 unspecified atom stereocenters. The Morgan fingerprint density at radius 3 is 0.427 bits per heavy atom. The number of carbonyl (C=O) groups is 5. The van der Waals surface area contributed by atoms with Crippen LogP contribution in [0.15, 0.2) is 121 Å². The van der Waals surface area contributed by atoms with Crippen LogP contribution in [-0.2, 0) is 56.1 Å². The summed E-state index contributed by atoms with van der Waals surface area (Å²) in [7, 11) is 0. The first-order chi connectivity index (χ1) is 35.0. The van der Waals surface area contributed by atoms with Gasteiger partial charge in [0.2, 0.25) is 0 Å². The number of aliphatic carboxylic acids is 5. The van der Waals surface area contributed by atoms with Gasteiger partial charge in [-0.2, -0.15) is 0 Å². The number of carboxylic acid groups (broad SMARTS) is 5. The standard InChI is InChI=1S/5C13H18O2/c5*1-9(2)8-11-4-6-12(7-5-11)10(3)13(14)15/h5*4-7,9-10H,8H2,1-3H3,(H,14,15). The van der Waals surface area contributed by atoms with Crippen LogP contribution in [0.2, 0.25) is 0 Å². The lowest BCUT2D eigenvalue weighted by atomic mass is 9.97. The number of rotatable bonds is 20. The minimum absolute atomic E-state index is 0.418. The molecule has 5 aromatic rings. The minimum atomic E-state index is -0.772. The van der Waals surface area contributed by atoms with Gasteiger partial charge >= 0.3 is 29.8 Å². The highest BCUT2D eigenvalue weighted by Crippen LogP contribution is 2.22. The van der Waals surface area contributed by atoms with Crippen LogP contribution in [0.5, 0.6) is 0 Å². The molecule has 0 heterocycles. The van der Waals surface area contributed by atoms with Crippen molar-refractivity contribution in [3.63, 3.8) is 0 Å². The third kappa shape index (κ3) is 27.0. The van der Waals surface area contributed by atoms with E-state index in [1.54, 1.807) is 34.6 Å². The topological polar surface area (TPSA) is 186 Å². The van der Waals surface area contributed by atoms with Crippen molar-refractivity contribution in [2.45, 2.75) is 166 Å². The number of benzene rings is 5. The molecule has 0 saturated carbocycles. The second kappa shape index (κ2) is 34.1. The fraction of sp³-hybridized carbons (Fsp3) is 0.462. The van der Waals surface area contributed by atoms with Gasteiger partial charge in [-0.3, -0.25) is 24.0 Å². The smallest absolute Gasteiger partial charge is 0.310 e. The summed E-state index contributed by atoms with van der Waals surface area (Å²) in [6.45, 7) is 30.3. The fourth-order valence-corrected chi connectivity index (χ4v) is 7.78. The van der Waals surface area contributed by atoms with Crippen LogP contribution in [-0.4, -0.2) is 55.4 Å². The van der Waals surface area contributed by atoms with Crippen molar-refractivity contribution in [1.82, 2.24) is 0 Å². The molecular weight excluding hydrogens is 941 g/mol. The van der Waals surface area contributed by atoms with Crippen LogP contribution in [0, 0.1) is 29.6 Å². The predicted octanol–water partition coefficient (Wildman–Crippen LogP) is 15.4. The highest BCUT2D eigenvalue weighted by atomic mass is 16.4. The molecule has 75 heavy (non-hydrogen) atoms. The molecule has 5 atom stereocenters. The molecule has 410 valence electrons. The van der Waals surface area contributed by atoms with E-state index >= 15 is 0 Å². The molecule has 0 fully saturated rings. The van der Waals surface area contributed by atoms with Crippen LogP contribution in [0.1, 0.15) is 189 Å². The molecule has 0 spiro atoms. The average Bonchev–Trinajstić information content (AvgIpc) is 3.34. The third-order valence-corrected chi connectivity index (χ3v) is 12.5. The Morgan fingerprint density at radius 2 is 0.347 bits per heavy atom. The Morgan fingerprint density at radius 1 is 0.240 bits per heavy atom. The summed E-state index contributed by atoms with van der Waals surface area (Å²) in [6, 6.07) is 39.4. The van der Waals surface area contributed by atoms with Crippen LogP contribution < -0.4 is 0 Å². The Labute approximate surface area is 449 Å². The van der Waals surface area contributed by atoms with Crippen molar-refractivity contribution in [2.75, 3.05) is 0 Å². The summed E-state index contributed by atoms with van der Waals surface area (Å²) in [4.78, 5) is 53.8. The van der Waals surface area contributed by atoms with Crippen LogP contribution in [0.3, 0.4) is 0 Å². The third-order valence-electron chi connectivity index (χ3n) is 12.5. The highest BCUT2D eigenvalue weighted by Gasteiger charge is 2.17. The number of carboxylic acids is 5. The van der Waals surface area contributed by atoms with Crippen molar-refractivity contribution in [3.8, 4) is 0 Å². The summed E-state index contributed by atoms with van der Waals surface area (Å²) < 4.78 is 0. The van der Waals surface area contributed by atoms with E-state index in [4.69, 9.17) is 25.5 Å². The Balaban J connectivity index is 0.000000469. The Hall–Kier alpha value is -6.55.